The fraction of sp³-hybridized carbons (Fsp3) is 0.400. The van der Waals surface area contributed by atoms with Crippen LogP contribution in [0.2, 0.25) is 0 Å². The summed E-state index contributed by atoms with van der Waals surface area (Å²) in [4.78, 5) is 19.1. The number of unbranched alkanes of at least 4 members (excludes halogenated alkanes) is 1. The third-order valence-corrected chi connectivity index (χ3v) is 3.83. The fourth-order valence-corrected chi connectivity index (χ4v) is 2.04. The van der Waals surface area contributed by atoms with Gasteiger partial charge in [0.15, 0.2) is 0 Å². The van der Waals surface area contributed by atoms with Gasteiger partial charge in [0, 0.05) is 30.9 Å². The van der Waals surface area contributed by atoms with Gasteiger partial charge in [-0.15, -0.1) is 0 Å². The van der Waals surface area contributed by atoms with E-state index in [1.165, 1.54) is 55.7 Å². The number of para-hydroxylation sites is 1. The number of non-ortho nitro benzene ring substituents is 2. The van der Waals surface area contributed by atoms with Gasteiger partial charge < -0.3 is 10.2 Å². The van der Waals surface area contributed by atoms with E-state index in [9.17, 15) is 20.2 Å². The Morgan fingerprint density at radius 2 is 1.39 bits per heavy atom. The number of phenols is 1. The molecule has 1 atom stereocenters. The summed E-state index contributed by atoms with van der Waals surface area (Å²) in [6, 6.07) is 13.0. The Balaban J connectivity index is 0.000000392. The third kappa shape index (κ3) is 11.6. The van der Waals surface area contributed by atoms with Crippen molar-refractivity contribution in [3.63, 3.8) is 0 Å². The van der Waals surface area contributed by atoms with Crippen LogP contribution in [0.5, 0.6) is 5.75 Å². The minimum atomic E-state index is -0.514. The molecule has 28 heavy (non-hydrogen) atoms. The molecule has 0 aromatic heterocycles. The maximum absolute atomic E-state index is 10.0. The highest BCUT2D eigenvalue weighted by Gasteiger charge is 2.02. The molecule has 0 aliphatic carbocycles. The van der Waals surface area contributed by atoms with Gasteiger partial charge in [0.1, 0.15) is 5.75 Å². The minimum absolute atomic E-state index is 0.0159. The SMILES string of the molecule is CCCCC(CC)CO.O=[N+]([O-])c1ccc(O)cc1.O=[N+]([O-])c1ccccc1. The van der Waals surface area contributed by atoms with Gasteiger partial charge in [0.25, 0.3) is 11.4 Å². The van der Waals surface area contributed by atoms with Crippen LogP contribution in [-0.2, 0) is 0 Å². The van der Waals surface area contributed by atoms with Gasteiger partial charge in [-0.25, -0.2) is 0 Å². The summed E-state index contributed by atoms with van der Waals surface area (Å²) in [6.07, 6.45) is 4.83. The van der Waals surface area contributed by atoms with E-state index in [4.69, 9.17) is 10.2 Å². The largest absolute Gasteiger partial charge is 0.508 e. The minimum Gasteiger partial charge on any atom is -0.508 e. The number of rotatable bonds is 7. The number of aliphatic hydroxyl groups is 1. The monoisotopic (exact) mass is 392 g/mol. The van der Waals surface area contributed by atoms with Crippen LogP contribution >= 0.6 is 0 Å². The van der Waals surface area contributed by atoms with E-state index in [-0.39, 0.29) is 17.1 Å². The van der Waals surface area contributed by atoms with Crippen molar-refractivity contribution in [3.05, 3.63) is 74.8 Å². The van der Waals surface area contributed by atoms with Gasteiger partial charge in [-0.05, 0) is 24.5 Å². The van der Waals surface area contributed by atoms with Gasteiger partial charge in [-0.1, -0.05) is 51.3 Å². The maximum Gasteiger partial charge on any atom is 0.269 e. The lowest BCUT2D eigenvalue weighted by Crippen LogP contribution is -2.03. The fourth-order valence-electron chi connectivity index (χ4n) is 2.04. The lowest BCUT2D eigenvalue weighted by molar-refractivity contribution is -0.385. The lowest BCUT2D eigenvalue weighted by Gasteiger charge is -2.08. The van der Waals surface area contributed by atoms with Crippen molar-refractivity contribution in [1.82, 2.24) is 0 Å². The molecule has 8 nitrogen and oxygen atoms in total. The second-order valence-electron chi connectivity index (χ2n) is 5.97. The predicted octanol–water partition coefficient (Wildman–Crippen LogP) is 5.09. The molecule has 0 heterocycles. The Labute approximate surface area is 164 Å². The van der Waals surface area contributed by atoms with E-state index in [1.54, 1.807) is 18.2 Å². The zero-order valence-corrected chi connectivity index (χ0v) is 16.2. The number of benzene rings is 2. The first-order chi connectivity index (χ1) is 13.3. The zero-order valence-electron chi connectivity index (χ0n) is 16.2. The molecule has 8 heteroatoms. The average molecular weight is 392 g/mol. The van der Waals surface area contributed by atoms with E-state index in [2.05, 4.69) is 13.8 Å². The molecule has 0 aliphatic heterocycles. The molecular formula is C20H28N2O6. The van der Waals surface area contributed by atoms with Crippen molar-refractivity contribution in [2.45, 2.75) is 39.5 Å². The topological polar surface area (TPSA) is 127 Å². The van der Waals surface area contributed by atoms with Gasteiger partial charge >= 0.3 is 0 Å². The van der Waals surface area contributed by atoms with E-state index in [0.717, 1.165) is 6.42 Å². The van der Waals surface area contributed by atoms with Crippen LogP contribution < -0.4 is 0 Å². The number of nitro groups is 2. The molecule has 0 saturated heterocycles. The Bertz CT molecular complexity index is 673. The van der Waals surface area contributed by atoms with Crippen LogP contribution in [0.25, 0.3) is 0 Å². The Hall–Kier alpha value is -3.00. The highest BCUT2D eigenvalue weighted by molar-refractivity contribution is 5.35. The first-order valence-corrected chi connectivity index (χ1v) is 9.09. The molecule has 2 N–H and O–H groups in total. The summed E-state index contributed by atoms with van der Waals surface area (Å²) in [6.45, 7) is 4.69. The maximum atomic E-state index is 10.0. The van der Waals surface area contributed by atoms with Crippen LogP contribution in [-0.4, -0.2) is 26.7 Å². The highest BCUT2D eigenvalue weighted by Crippen LogP contribution is 2.15. The molecule has 0 bridgehead atoms. The first kappa shape index (κ1) is 25.0. The Kier molecular flexibility index (Phi) is 13.5. The summed E-state index contributed by atoms with van der Waals surface area (Å²) in [5.41, 5.74) is 0.121. The highest BCUT2D eigenvalue weighted by atomic mass is 16.6. The van der Waals surface area contributed by atoms with Gasteiger partial charge in [0.05, 0.1) is 9.85 Å². The van der Waals surface area contributed by atoms with Crippen LogP contribution in [0, 0.1) is 26.1 Å². The van der Waals surface area contributed by atoms with E-state index >= 15 is 0 Å². The van der Waals surface area contributed by atoms with Crippen molar-refractivity contribution in [3.8, 4) is 5.75 Å². The number of nitro benzene ring substituents is 2. The number of aliphatic hydroxyl groups excluding tert-OH is 1. The standard InChI is InChI=1S/C8H18O.C6H5NO3.C6H5NO2/c1-3-5-6-8(4-2)7-9;8-6-3-1-5(2-4-6)7(9)10;8-7(9)6-4-2-1-3-5-6/h8-9H,3-7H2,1-2H3;1-4,8H;1-5H. The number of hydrogen-bond donors (Lipinski definition) is 2. The molecular weight excluding hydrogens is 364 g/mol. The van der Waals surface area contributed by atoms with Gasteiger partial charge in [0.2, 0.25) is 0 Å². The van der Waals surface area contributed by atoms with Crippen LogP contribution in [0.15, 0.2) is 54.6 Å². The molecule has 0 radical (unpaired) electrons. The zero-order chi connectivity index (χ0) is 21.4. The molecule has 2 aromatic carbocycles. The smallest absolute Gasteiger partial charge is 0.269 e. The van der Waals surface area contributed by atoms with Crippen molar-refractivity contribution < 1.29 is 20.1 Å². The molecule has 0 aliphatic rings. The summed E-state index contributed by atoms with van der Waals surface area (Å²) >= 11 is 0. The summed E-state index contributed by atoms with van der Waals surface area (Å²) in [5, 5.41) is 37.5. The van der Waals surface area contributed by atoms with Gasteiger partial charge in [-0.3, -0.25) is 20.2 Å². The average Bonchev–Trinajstić information content (AvgIpc) is 2.71. The third-order valence-electron chi connectivity index (χ3n) is 3.83. The quantitative estimate of drug-likeness (QED) is 0.499. The molecule has 0 saturated carbocycles. The predicted molar refractivity (Wildman–Crippen MR) is 108 cm³/mol. The second-order valence-corrected chi connectivity index (χ2v) is 5.97. The van der Waals surface area contributed by atoms with Crippen LogP contribution in [0.3, 0.4) is 0 Å². The van der Waals surface area contributed by atoms with Crippen molar-refractivity contribution >= 4 is 11.4 Å². The summed E-state index contributed by atoms with van der Waals surface area (Å²) < 4.78 is 0. The summed E-state index contributed by atoms with van der Waals surface area (Å²) in [7, 11) is 0. The molecule has 0 spiro atoms. The van der Waals surface area contributed by atoms with E-state index in [1.807, 2.05) is 0 Å². The van der Waals surface area contributed by atoms with E-state index in [0.29, 0.717) is 12.5 Å². The number of aromatic hydroxyl groups is 1. The van der Waals surface area contributed by atoms with Crippen molar-refractivity contribution in [2.24, 2.45) is 5.92 Å². The molecule has 154 valence electrons. The molecule has 0 fully saturated rings. The number of phenolic OH excluding ortho intramolecular Hbond substituents is 1. The number of nitrogens with zero attached hydrogens (tertiary/aromatic N) is 2. The second kappa shape index (κ2) is 15.1. The van der Waals surface area contributed by atoms with Crippen LogP contribution in [0.4, 0.5) is 11.4 Å². The number of hydrogen-bond acceptors (Lipinski definition) is 6. The molecule has 2 aromatic rings. The lowest BCUT2D eigenvalue weighted by atomic mass is 10.0. The van der Waals surface area contributed by atoms with Gasteiger partial charge in [-0.2, -0.15) is 0 Å². The Morgan fingerprint density at radius 1 is 0.893 bits per heavy atom. The molecule has 1 unspecified atom stereocenters. The molecule has 2 rings (SSSR count). The first-order valence-electron chi connectivity index (χ1n) is 9.09. The normalized spacial score (nSPS) is 10.5. The Morgan fingerprint density at radius 3 is 1.75 bits per heavy atom. The summed E-state index contributed by atoms with van der Waals surface area (Å²) in [5.74, 6) is 0.593. The molecule has 0 amide bonds. The van der Waals surface area contributed by atoms with E-state index < -0.39 is 9.85 Å². The van der Waals surface area contributed by atoms with Crippen molar-refractivity contribution in [2.75, 3.05) is 6.61 Å². The van der Waals surface area contributed by atoms with Crippen LogP contribution in [0.1, 0.15) is 39.5 Å². The van der Waals surface area contributed by atoms with Crippen molar-refractivity contribution in [1.29, 1.82) is 0 Å².